The van der Waals surface area contributed by atoms with Crippen molar-refractivity contribution in [2.24, 2.45) is 0 Å². The van der Waals surface area contributed by atoms with E-state index in [-0.39, 0.29) is 28.5 Å². The molecule has 2 rings (SSSR count). The lowest BCUT2D eigenvalue weighted by molar-refractivity contribution is -0.146. The van der Waals surface area contributed by atoms with Gasteiger partial charge >= 0.3 is 12.1 Å². The van der Waals surface area contributed by atoms with Crippen LogP contribution in [0, 0.1) is 0 Å². The standard InChI is InChI=1S/C19H20F3NO5S/c1-12(28-13(2)24)7-8-27-18-17(10-15(11-23-18)19(20,21)22)14-5-4-6-16(9-14)29(3,25)26/h4-6,9-12H,7-8H2,1-3H3/t12-/m1/s1. The number of alkyl halides is 3. The van der Waals surface area contributed by atoms with Crippen LogP contribution in [0.25, 0.3) is 11.1 Å². The summed E-state index contributed by atoms with van der Waals surface area (Å²) < 4.78 is 73.5. The molecule has 1 aromatic heterocycles. The summed E-state index contributed by atoms with van der Waals surface area (Å²) in [6.45, 7) is 2.95. The van der Waals surface area contributed by atoms with E-state index in [0.717, 1.165) is 12.3 Å². The van der Waals surface area contributed by atoms with Crippen molar-refractivity contribution >= 4 is 15.8 Å². The minimum absolute atomic E-state index is 0.00506. The maximum atomic E-state index is 13.1. The molecule has 0 fully saturated rings. The third kappa shape index (κ3) is 6.45. The van der Waals surface area contributed by atoms with E-state index in [0.29, 0.717) is 12.6 Å². The number of ether oxygens (including phenoxy) is 2. The highest BCUT2D eigenvalue weighted by atomic mass is 32.2. The molecule has 6 nitrogen and oxygen atoms in total. The SMILES string of the molecule is CC(=O)O[C@H](C)CCOc1ncc(C(F)(F)F)cc1-c1cccc(S(C)(=O)=O)c1. The van der Waals surface area contributed by atoms with Gasteiger partial charge in [0.25, 0.3) is 0 Å². The van der Waals surface area contributed by atoms with Crippen LogP contribution in [0.5, 0.6) is 5.88 Å². The Bertz CT molecular complexity index is 990. The smallest absolute Gasteiger partial charge is 0.417 e. The quantitative estimate of drug-likeness (QED) is 0.619. The second-order valence-corrected chi connectivity index (χ2v) is 8.45. The van der Waals surface area contributed by atoms with Crippen molar-refractivity contribution in [2.75, 3.05) is 12.9 Å². The van der Waals surface area contributed by atoms with Gasteiger partial charge in [0.05, 0.1) is 17.1 Å². The van der Waals surface area contributed by atoms with E-state index >= 15 is 0 Å². The second-order valence-electron chi connectivity index (χ2n) is 6.43. The fourth-order valence-electron chi connectivity index (χ4n) is 2.49. The Morgan fingerprint density at radius 2 is 1.93 bits per heavy atom. The number of rotatable bonds is 7. The van der Waals surface area contributed by atoms with Crippen LogP contribution in [0.4, 0.5) is 13.2 Å². The van der Waals surface area contributed by atoms with E-state index in [2.05, 4.69) is 4.98 Å². The Labute approximate surface area is 166 Å². The zero-order chi connectivity index (χ0) is 21.8. The molecule has 0 N–H and O–H groups in total. The molecular formula is C19H20F3NO5S. The normalized spacial score (nSPS) is 13.0. The van der Waals surface area contributed by atoms with Crippen LogP contribution in [0.3, 0.4) is 0 Å². The number of esters is 1. The van der Waals surface area contributed by atoms with E-state index in [4.69, 9.17) is 9.47 Å². The van der Waals surface area contributed by atoms with E-state index in [1.54, 1.807) is 6.92 Å². The van der Waals surface area contributed by atoms with Crippen molar-refractivity contribution in [2.45, 2.75) is 37.4 Å². The van der Waals surface area contributed by atoms with Crippen molar-refractivity contribution in [1.82, 2.24) is 4.98 Å². The van der Waals surface area contributed by atoms with E-state index in [1.165, 1.54) is 31.2 Å². The summed E-state index contributed by atoms with van der Waals surface area (Å²) in [5.41, 5.74) is -0.766. The first-order valence-electron chi connectivity index (χ1n) is 8.55. The van der Waals surface area contributed by atoms with Gasteiger partial charge in [-0.25, -0.2) is 13.4 Å². The third-order valence-corrected chi connectivity index (χ3v) is 4.99. The Morgan fingerprint density at radius 3 is 2.52 bits per heavy atom. The Morgan fingerprint density at radius 1 is 1.24 bits per heavy atom. The number of halogens is 3. The first-order chi connectivity index (χ1) is 13.4. The average Bonchev–Trinajstić information content (AvgIpc) is 2.59. The number of carbonyl (C=O) groups is 1. The lowest BCUT2D eigenvalue weighted by Gasteiger charge is -2.16. The number of pyridine rings is 1. The summed E-state index contributed by atoms with van der Waals surface area (Å²) in [7, 11) is -3.56. The molecule has 2 aromatic rings. The monoisotopic (exact) mass is 431 g/mol. The summed E-state index contributed by atoms with van der Waals surface area (Å²) in [6, 6.07) is 6.37. The van der Waals surface area contributed by atoms with Crippen molar-refractivity contribution in [1.29, 1.82) is 0 Å². The fourth-order valence-corrected chi connectivity index (χ4v) is 3.15. The van der Waals surface area contributed by atoms with Gasteiger partial charge in [0, 0.05) is 31.4 Å². The highest BCUT2D eigenvalue weighted by molar-refractivity contribution is 7.90. The molecule has 0 unspecified atom stereocenters. The third-order valence-electron chi connectivity index (χ3n) is 3.88. The van der Waals surface area contributed by atoms with Crippen molar-refractivity contribution in [3.8, 4) is 17.0 Å². The molecular weight excluding hydrogens is 411 g/mol. The molecule has 0 aliphatic carbocycles. The fraction of sp³-hybridized carbons (Fsp3) is 0.368. The molecule has 0 aliphatic heterocycles. The van der Waals surface area contributed by atoms with E-state index < -0.39 is 33.7 Å². The van der Waals surface area contributed by atoms with Crippen LogP contribution in [0.15, 0.2) is 41.4 Å². The van der Waals surface area contributed by atoms with E-state index in [1.807, 2.05) is 0 Å². The van der Waals surface area contributed by atoms with Crippen LogP contribution >= 0.6 is 0 Å². The number of sulfone groups is 1. The molecule has 158 valence electrons. The van der Waals surface area contributed by atoms with Crippen molar-refractivity contribution < 1.29 is 35.9 Å². The number of hydrogen-bond donors (Lipinski definition) is 0. The maximum absolute atomic E-state index is 13.1. The summed E-state index contributed by atoms with van der Waals surface area (Å²) >= 11 is 0. The van der Waals surface area contributed by atoms with Crippen molar-refractivity contribution in [3.63, 3.8) is 0 Å². The number of nitrogens with zero attached hydrogens (tertiary/aromatic N) is 1. The van der Waals surface area contributed by atoms with Gasteiger partial charge in [-0.15, -0.1) is 0 Å². The molecule has 1 heterocycles. The molecule has 0 bridgehead atoms. The number of carbonyl (C=O) groups excluding carboxylic acids is 1. The zero-order valence-corrected chi connectivity index (χ0v) is 16.8. The highest BCUT2D eigenvalue weighted by Gasteiger charge is 2.32. The predicted molar refractivity (Wildman–Crippen MR) is 99.1 cm³/mol. The highest BCUT2D eigenvalue weighted by Crippen LogP contribution is 2.36. The number of aromatic nitrogens is 1. The van der Waals surface area contributed by atoms with Gasteiger partial charge in [0.1, 0.15) is 6.10 Å². The molecule has 0 radical (unpaired) electrons. The Kier molecular flexibility index (Phi) is 6.89. The topological polar surface area (TPSA) is 82.6 Å². The van der Waals surface area contributed by atoms with Gasteiger partial charge in [0.2, 0.25) is 5.88 Å². The van der Waals surface area contributed by atoms with Crippen LogP contribution in [0.2, 0.25) is 0 Å². The average molecular weight is 431 g/mol. The predicted octanol–water partition coefficient (Wildman–Crippen LogP) is 3.89. The first kappa shape index (κ1) is 22.7. The number of hydrogen-bond acceptors (Lipinski definition) is 6. The summed E-state index contributed by atoms with van der Waals surface area (Å²) in [5, 5.41) is 0. The first-order valence-corrected chi connectivity index (χ1v) is 10.4. The summed E-state index contributed by atoms with van der Waals surface area (Å²) in [6.07, 6.45) is -3.12. The van der Waals surface area contributed by atoms with Gasteiger partial charge in [-0.3, -0.25) is 4.79 Å². The van der Waals surface area contributed by atoms with Crippen LogP contribution in [-0.4, -0.2) is 38.3 Å². The molecule has 10 heteroatoms. The second kappa shape index (κ2) is 8.81. The molecule has 0 amide bonds. The Hall–Kier alpha value is -2.62. The molecule has 0 spiro atoms. The maximum Gasteiger partial charge on any atom is 0.417 e. The minimum Gasteiger partial charge on any atom is -0.477 e. The van der Waals surface area contributed by atoms with Gasteiger partial charge in [-0.05, 0) is 30.7 Å². The molecule has 1 aromatic carbocycles. The van der Waals surface area contributed by atoms with Gasteiger partial charge in [-0.2, -0.15) is 13.2 Å². The van der Waals surface area contributed by atoms with Crippen LogP contribution in [-0.2, 0) is 25.5 Å². The summed E-state index contributed by atoms with van der Waals surface area (Å²) in [4.78, 5) is 14.7. The van der Waals surface area contributed by atoms with Gasteiger partial charge in [0.15, 0.2) is 9.84 Å². The number of benzene rings is 1. The Balaban J connectivity index is 2.39. The molecule has 0 saturated carbocycles. The van der Waals surface area contributed by atoms with Crippen molar-refractivity contribution in [3.05, 3.63) is 42.1 Å². The van der Waals surface area contributed by atoms with Gasteiger partial charge < -0.3 is 9.47 Å². The largest absolute Gasteiger partial charge is 0.477 e. The van der Waals surface area contributed by atoms with Gasteiger partial charge in [-0.1, -0.05) is 12.1 Å². The molecule has 1 atom stereocenters. The summed E-state index contributed by atoms with van der Waals surface area (Å²) in [5.74, 6) is -0.540. The minimum atomic E-state index is -4.63. The molecule has 0 saturated heterocycles. The van der Waals surface area contributed by atoms with Crippen LogP contribution in [0.1, 0.15) is 25.8 Å². The zero-order valence-electron chi connectivity index (χ0n) is 16.0. The molecule has 0 aliphatic rings. The lowest BCUT2D eigenvalue weighted by atomic mass is 10.1. The lowest BCUT2D eigenvalue weighted by Crippen LogP contribution is -2.16. The molecule has 29 heavy (non-hydrogen) atoms. The van der Waals surface area contributed by atoms with E-state index in [9.17, 15) is 26.4 Å². The van der Waals surface area contributed by atoms with Crippen LogP contribution < -0.4 is 4.74 Å².